The topological polar surface area (TPSA) is 85.3 Å². The first kappa shape index (κ1) is 25.7. The predicted octanol–water partition coefficient (Wildman–Crippen LogP) is 5.78. The van der Waals surface area contributed by atoms with Crippen LogP contribution in [-0.2, 0) is 14.3 Å². The first-order valence-electron chi connectivity index (χ1n) is 11.0. The van der Waals surface area contributed by atoms with Crippen molar-refractivity contribution in [2.24, 2.45) is 0 Å². The van der Waals surface area contributed by atoms with Crippen molar-refractivity contribution in [1.82, 2.24) is 0 Å². The molecule has 0 spiro atoms. The molecule has 1 unspecified atom stereocenters. The number of aliphatic hydroxyl groups excluding tert-OH is 1. The number of halogens is 2. The van der Waals surface area contributed by atoms with Crippen molar-refractivity contribution in [1.29, 1.82) is 0 Å². The van der Waals surface area contributed by atoms with Crippen LogP contribution in [0.5, 0.6) is 5.75 Å². The molecular weight excluding hydrogens is 505 g/mol. The Morgan fingerprint density at radius 3 is 2.44 bits per heavy atom. The van der Waals surface area contributed by atoms with Crippen LogP contribution in [-0.4, -0.2) is 43.9 Å². The third kappa shape index (κ3) is 5.39. The van der Waals surface area contributed by atoms with E-state index >= 15 is 0 Å². The second kappa shape index (κ2) is 11.6. The highest BCUT2D eigenvalue weighted by atomic mass is 35.5. The van der Waals surface area contributed by atoms with Crippen LogP contribution in [0.15, 0.2) is 84.1 Å². The summed E-state index contributed by atoms with van der Waals surface area (Å²) in [5.74, 6) is -1.67. The molecule has 0 aliphatic carbocycles. The normalized spacial score (nSPS) is 15.5. The third-order valence-corrected chi connectivity index (χ3v) is 6.07. The van der Waals surface area contributed by atoms with Crippen LogP contribution in [0, 0.1) is 0 Å². The number of hydrogen-bond donors (Lipinski definition) is 1. The number of amides is 1. The van der Waals surface area contributed by atoms with Crippen molar-refractivity contribution in [2.45, 2.75) is 6.04 Å². The maximum absolute atomic E-state index is 13.9. The lowest BCUT2D eigenvalue weighted by Gasteiger charge is -2.27. The average Bonchev–Trinajstić information content (AvgIpc) is 3.14. The number of nitrogens with zero attached hydrogens (tertiary/aromatic N) is 1. The summed E-state index contributed by atoms with van der Waals surface area (Å²) < 4.78 is 16.0. The predicted molar refractivity (Wildman–Crippen MR) is 137 cm³/mol. The van der Waals surface area contributed by atoms with Crippen LogP contribution in [0.4, 0.5) is 5.69 Å². The van der Waals surface area contributed by atoms with Gasteiger partial charge in [0.05, 0.1) is 30.4 Å². The lowest BCUT2D eigenvalue weighted by atomic mass is 9.92. The first-order valence-corrected chi connectivity index (χ1v) is 11.8. The first-order chi connectivity index (χ1) is 17.4. The van der Waals surface area contributed by atoms with Crippen LogP contribution in [0.1, 0.15) is 22.0 Å². The smallest absolute Gasteiger partial charge is 0.294 e. The van der Waals surface area contributed by atoms with E-state index in [2.05, 4.69) is 0 Å². The van der Waals surface area contributed by atoms with Gasteiger partial charge < -0.3 is 19.3 Å². The van der Waals surface area contributed by atoms with E-state index < -0.39 is 23.5 Å². The monoisotopic (exact) mass is 527 g/mol. The summed E-state index contributed by atoms with van der Waals surface area (Å²) in [6, 6.07) is 19.0. The molecule has 1 heterocycles. The molecule has 0 saturated carbocycles. The van der Waals surface area contributed by atoms with Crippen molar-refractivity contribution in [3.05, 3.63) is 105 Å². The van der Waals surface area contributed by atoms with Crippen LogP contribution in [0.25, 0.3) is 0 Å². The summed E-state index contributed by atoms with van der Waals surface area (Å²) in [5, 5.41) is 11.9. The molecule has 1 aliphatic rings. The minimum atomic E-state index is -0.924. The Morgan fingerprint density at radius 1 is 0.972 bits per heavy atom. The summed E-state index contributed by atoms with van der Waals surface area (Å²) in [4.78, 5) is 28.5. The molecule has 0 bridgehead atoms. The van der Waals surface area contributed by atoms with Gasteiger partial charge in [-0.05, 0) is 48.0 Å². The Morgan fingerprint density at radius 2 is 1.72 bits per heavy atom. The number of aliphatic hydroxyl groups is 1. The van der Waals surface area contributed by atoms with Gasteiger partial charge in [0, 0.05) is 22.8 Å². The van der Waals surface area contributed by atoms with Gasteiger partial charge in [0.1, 0.15) is 5.75 Å². The fourth-order valence-corrected chi connectivity index (χ4v) is 4.23. The Bertz CT molecular complexity index is 1290. The molecule has 1 aliphatic heterocycles. The Hall–Kier alpha value is -3.36. The minimum Gasteiger partial charge on any atom is -0.503 e. The van der Waals surface area contributed by atoms with Gasteiger partial charge in [0.15, 0.2) is 18.3 Å². The quantitative estimate of drug-likeness (QED) is 0.204. The maximum atomic E-state index is 13.9. The summed E-state index contributed by atoms with van der Waals surface area (Å²) in [5.41, 5.74) is 1.10. The SMILES string of the molecule is COCCOCOc1ccccc1C(=O)C1=C(O)C(=O)N(c2cccc(Cl)c2)C1c1ccc(Cl)cc1. The molecule has 1 atom stereocenters. The maximum Gasteiger partial charge on any atom is 0.294 e. The number of benzene rings is 3. The largest absolute Gasteiger partial charge is 0.503 e. The highest BCUT2D eigenvalue weighted by Crippen LogP contribution is 2.43. The molecule has 1 N–H and O–H groups in total. The molecule has 1 amide bonds. The van der Waals surface area contributed by atoms with E-state index in [1.165, 1.54) is 4.90 Å². The van der Waals surface area contributed by atoms with Gasteiger partial charge in [-0.15, -0.1) is 0 Å². The highest BCUT2D eigenvalue weighted by molar-refractivity contribution is 6.31. The van der Waals surface area contributed by atoms with Crippen molar-refractivity contribution in [3.63, 3.8) is 0 Å². The molecule has 3 aromatic rings. The number of carbonyl (C=O) groups is 2. The molecule has 186 valence electrons. The number of Topliss-reactive ketones (excluding diaryl/α,β-unsaturated/α-hetero) is 1. The molecule has 3 aromatic carbocycles. The molecular formula is C27H23Cl2NO6. The second-order valence-corrected chi connectivity index (χ2v) is 8.73. The molecule has 0 aromatic heterocycles. The summed E-state index contributed by atoms with van der Waals surface area (Å²) >= 11 is 12.3. The van der Waals surface area contributed by atoms with Crippen LogP contribution in [0.3, 0.4) is 0 Å². The third-order valence-electron chi connectivity index (χ3n) is 5.59. The number of para-hydroxylation sites is 1. The zero-order chi connectivity index (χ0) is 25.7. The molecule has 0 radical (unpaired) electrons. The molecule has 4 rings (SSSR count). The van der Waals surface area contributed by atoms with E-state index in [1.54, 1.807) is 79.9 Å². The molecule has 7 nitrogen and oxygen atoms in total. The summed E-state index contributed by atoms with van der Waals surface area (Å²) in [6.07, 6.45) is 0. The van der Waals surface area contributed by atoms with Gasteiger partial charge >= 0.3 is 0 Å². The molecule has 0 fully saturated rings. The Kier molecular flexibility index (Phi) is 8.28. The molecule has 36 heavy (non-hydrogen) atoms. The van der Waals surface area contributed by atoms with Crippen LogP contribution < -0.4 is 9.64 Å². The van der Waals surface area contributed by atoms with Gasteiger partial charge in [-0.3, -0.25) is 14.5 Å². The zero-order valence-corrected chi connectivity index (χ0v) is 20.8. The standard InChI is InChI=1S/C27H23Cl2NO6/c1-34-13-14-35-16-36-22-8-3-2-7-21(22)25(31)23-24(17-9-11-18(28)12-10-17)30(27(33)26(23)32)20-6-4-5-19(29)15-20/h2-12,15,24,32H,13-14,16H2,1H3. The van der Waals surface area contributed by atoms with E-state index in [-0.39, 0.29) is 23.7 Å². The van der Waals surface area contributed by atoms with Gasteiger partial charge in [-0.1, -0.05) is 53.5 Å². The van der Waals surface area contributed by atoms with Crippen molar-refractivity contribution in [3.8, 4) is 5.75 Å². The van der Waals surface area contributed by atoms with Gasteiger partial charge in [-0.2, -0.15) is 0 Å². The van der Waals surface area contributed by atoms with E-state index in [0.29, 0.717) is 34.5 Å². The number of ketones is 1. The second-order valence-electron chi connectivity index (χ2n) is 7.86. The number of methoxy groups -OCH3 is 1. The fraction of sp³-hybridized carbons (Fsp3) is 0.185. The zero-order valence-electron chi connectivity index (χ0n) is 19.3. The Balaban J connectivity index is 1.74. The van der Waals surface area contributed by atoms with Gasteiger partial charge in [0.25, 0.3) is 5.91 Å². The van der Waals surface area contributed by atoms with E-state index in [4.69, 9.17) is 37.4 Å². The lowest BCUT2D eigenvalue weighted by molar-refractivity contribution is -0.117. The summed E-state index contributed by atoms with van der Waals surface area (Å²) in [7, 11) is 1.56. The number of carbonyl (C=O) groups excluding carboxylic acids is 2. The van der Waals surface area contributed by atoms with E-state index in [9.17, 15) is 14.7 Å². The fourth-order valence-electron chi connectivity index (χ4n) is 3.92. The van der Waals surface area contributed by atoms with Gasteiger partial charge in [-0.25, -0.2) is 0 Å². The average molecular weight is 528 g/mol. The minimum absolute atomic E-state index is 0.0846. The Labute approximate surface area is 218 Å². The van der Waals surface area contributed by atoms with E-state index in [1.807, 2.05) is 0 Å². The number of anilines is 1. The van der Waals surface area contributed by atoms with Gasteiger partial charge in [0.2, 0.25) is 0 Å². The number of rotatable bonds is 10. The molecule has 0 saturated heterocycles. The highest BCUT2D eigenvalue weighted by Gasteiger charge is 2.45. The van der Waals surface area contributed by atoms with Crippen molar-refractivity contribution < 1.29 is 28.9 Å². The van der Waals surface area contributed by atoms with Crippen molar-refractivity contribution >= 4 is 40.6 Å². The van der Waals surface area contributed by atoms with Crippen LogP contribution in [0.2, 0.25) is 10.0 Å². The van der Waals surface area contributed by atoms with E-state index in [0.717, 1.165) is 0 Å². The lowest BCUT2D eigenvalue weighted by Crippen LogP contribution is -2.31. The van der Waals surface area contributed by atoms with Crippen molar-refractivity contribution in [2.75, 3.05) is 32.0 Å². The number of hydrogen-bond acceptors (Lipinski definition) is 6. The summed E-state index contributed by atoms with van der Waals surface area (Å²) in [6.45, 7) is 0.613. The number of ether oxygens (including phenoxy) is 3. The van der Waals surface area contributed by atoms with Crippen LogP contribution >= 0.6 is 23.2 Å². The molecule has 9 heteroatoms.